The summed E-state index contributed by atoms with van der Waals surface area (Å²) in [7, 11) is -4.04. The van der Waals surface area contributed by atoms with Crippen LogP contribution in [0.3, 0.4) is 0 Å². The predicted octanol–water partition coefficient (Wildman–Crippen LogP) is 0.380. The quantitative estimate of drug-likeness (QED) is 0.574. The maximum absolute atomic E-state index is 12.8. The number of rotatable bonds is 6. The first-order chi connectivity index (χ1) is 10.3. The average Bonchev–Trinajstić information content (AvgIpc) is 2.97. The van der Waals surface area contributed by atoms with Gasteiger partial charge in [-0.3, -0.25) is 10.1 Å². The third-order valence-electron chi connectivity index (χ3n) is 3.58. The molecule has 0 radical (unpaired) electrons. The second-order valence-corrected chi connectivity index (χ2v) is 6.54. The first kappa shape index (κ1) is 16.6. The van der Waals surface area contributed by atoms with Gasteiger partial charge in [0.15, 0.2) is 0 Å². The van der Waals surface area contributed by atoms with Gasteiger partial charge in [0, 0.05) is 25.2 Å². The van der Waals surface area contributed by atoms with E-state index >= 15 is 0 Å². The van der Waals surface area contributed by atoms with E-state index in [-0.39, 0.29) is 23.2 Å². The molecule has 10 heteroatoms. The van der Waals surface area contributed by atoms with Crippen molar-refractivity contribution in [3.05, 3.63) is 28.3 Å². The first-order valence-corrected chi connectivity index (χ1v) is 8.24. The molecule has 3 N–H and O–H groups in total. The molecule has 0 aliphatic carbocycles. The minimum absolute atomic E-state index is 0.00189. The van der Waals surface area contributed by atoms with E-state index in [1.165, 1.54) is 12.1 Å². The lowest BCUT2D eigenvalue weighted by atomic mass is 10.1. The lowest BCUT2D eigenvalue weighted by Gasteiger charge is -2.29. The fraction of sp³-hybridized carbons (Fsp3) is 0.500. The van der Waals surface area contributed by atoms with E-state index in [1.54, 1.807) is 4.90 Å². The Bertz CT molecular complexity index is 661. The van der Waals surface area contributed by atoms with Gasteiger partial charge in [-0.15, -0.1) is 0 Å². The van der Waals surface area contributed by atoms with Crippen molar-refractivity contribution in [1.82, 2.24) is 5.32 Å². The monoisotopic (exact) mass is 332 g/mol. The molecule has 1 aromatic carbocycles. The minimum atomic E-state index is -4.04. The molecule has 1 atom stereocenters. The Kier molecular flexibility index (Phi) is 4.94. The Balaban J connectivity index is 2.49. The molecule has 1 aliphatic rings. The van der Waals surface area contributed by atoms with Crippen LogP contribution >= 0.6 is 0 Å². The number of sulfonamides is 1. The van der Waals surface area contributed by atoms with Crippen molar-refractivity contribution in [3.63, 3.8) is 0 Å². The van der Waals surface area contributed by atoms with E-state index in [2.05, 4.69) is 5.32 Å². The van der Waals surface area contributed by atoms with Crippen molar-refractivity contribution in [2.45, 2.75) is 17.4 Å². The molecule has 1 aromatic rings. The van der Waals surface area contributed by atoms with E-state index in [0.717, 1.165) is 19.0 Å². The molecule has 0 saturated carbocycles. The number of benzene rings is 1. The molecule has 1 aliphatic heterocycles. The minimum Gasteiger partial charge on any atom is -0.359 e. The molecule has 0 bridgehead atoms. The number of alkyl halides is 1. The van der Waals surface area contributed by atoms with Crippen LogP contribution in [0.2, 0.25) is 0 Å². The van der Waals surface area contributed by atoms with E-state index in [9.17, 15) is 22.9 Å². The largest absolute Gasteiger partial charge is 0.359 e. The summed E-state index contributed by atoms with van der Waals surface area (Å²) < 4.78 is 35.5. The number of nitrogens with zero attached hydrogens (tertiary/aromatic N) is 2. The van der Waals surface area contributed by atoms with Crippen LogP contribution in [-0.4, -0.2) is 45.7 Å². The molecule has 1 fully saturated rings. The number of hydrogen-bond donors (Lipinski definition) is 2. The third kappa shape index (κ3) is 3.51. The molecule has 0 unspecified atom stereocenters. The third-order valence-corrected chi connectivity index (χ3v) is 4.49. The van der Waals surface area contributed by atoms with Crippen molar-refractivity contribution in [2.24, 2.45) is 5.14 Å². The zero-order chi connectivity index (χ0) is 16.3. The Morgan fingerprint density at radius 1 is 1.50 bits per heavy atom. The number of nitrogens with one attached hydrogen (secondary N) is 1. The molecule has 1 saturated heterocycles. The van der Waals surface area contributed by atoms with E-state index < -0.39 is 27.3 Å². The number of halogens is 1. The van der Waals surface area contributed by atoms with Crippen LogP contribution in [0.15, 0.2) is 23.1 Å². The first-order valence-electron chi connectivity index (χ1n) is 6.69. The molecular weight excluding hydrogens is 315 g/mol. The van der Waals surface area contributed by atoms with Crippen LogP contribution in [0.1, 0.15) is 6.42 Å². The summed E-state index contributed by atoms with van der Waals surface area (Å²) in [4.78, 5) is 11.8. The Morgan fingerprint density at radius 3 is 2.73 bits per heavy atom. The summed E-state index contributed by atoms with van der Waals surface area (Å²) in [6.07, 6.45) is 0.730. The van der Waals surface area contributed by atoms with Gasteiger partial charge < -0.3 is 10.2 Å². The normalized spacial score (nSPS) is 18.4. The highest BCUT2D eigenvalue weighted by molar-refractivity contribution is 7.89. The molecule has 2 rings (SSSR count). The maximum Gasteiger partial charge on any atom is 0.293 e. The summed E-state index contributed by atoms with van der Waals surface area (Å²) in [6, 6.07) is 3.35. The van der Waals surface area contributed by atoms with Gasteiger partial charge >= 0.3 is 0 Å². The van der Waals surface area contributed by atoms with E-state index in [1.807, 2.05) is 0 Å². The zero-order valence-electron chi connectivity index (χ0n) is 11.7. The number of nitrogens with two attached hydrogens (primary N) is 1. The molecule has 0 amide bonds. The van der Waals surface area contributed by atoms with Crippen molar-refractivity contribution >= 4 is 21.4 Å². The number of primary sulfonamides is 1. The van der Waals surface area contributed by atoms with Crippen molar-refractivity contribution < 1.29 is 17.7 Å². The summed E-state index contributed by atoms with van der Waals surface area (Å²) >= 11 is 0. The van der Waals surface area contributed by atoms with Gasteiger partial charge in [0.1, 0.15) is 12.4 Å². The van der Waals surface area contributed by atoms with Crippen molar-refractivity contribution in [2.75, 3.05) is 31.2 Å². The molecule has 8 nitrogen and oxygen atoms in total. The van der Waals surface area contributed by atoms with Crippen LogP contribution in [0.25, 0.3) is 0 Å². The van der Waals surface area contributed by atoms with Crippen molar-refractivity contribution in [3.8, 4) is 0 Å². The van der Waals surface area contributed by atoms with Crippen molar-refractivity contribution in [1.29, 1.82) is 0 Å². The lowest BCUT2D eigenvalue weighted by molar-refractivity contribution is -0.384. The second-order valence-electron chi connectivity index (χ2n) is 4.98. The number of nitro benzene ring substituents is 1. The summed E-state index contributed by atoms with van der Waals surface area (Å²) in [6.45, 7) is 0.678. The Labute approximate surface area is 127 Å². The molecule has 1 heterocycles. The average molecular weight is 332 g/mol. The van der Waals surface area contributed by atoms with Gasteiger partial charge in [0.2, 0.25) is 10.0 Å². The van der Waals surface area contributed by atoms with E-state index in [0.29, 0.717) is 6.54 Å². The molecule has 122 valence electrons. The molecule has 22 heavy (non-hydrogen) atoms. The van der Waals surface area contributed by atoms with Crippen LogP contribution in [0.5, 0.6) is 0 Å². The maximum atomic E-state index is 12.8. The number of hydrogen-bond acceptors (Lipinski definition) is 6. The fourth-order valence-corrected chi connectivity index (χ4v) is 3.10. The highest BCUT2D eigenvalue weighted by atomic mass is 32.2. The Hall–Kier alpha value is -1.78. The smallest absolute Gasteiger partial charge is 0.293 e. The molecule has 0 aromatic heterocycles. The lowest BCUT2D eigenvalue weighted by Crippen LogP contribution is -2.38. The van der Waals surface area contributed by atoms with Gasteiger partial charge in [-0.2, -0.15) is 0 Å². The van der Waals surface area contributed by atoms with Gasteiger partial charge in [0.05, 0.1) is 9.82 Å². The Morgan fingerprint density at radius 2 is 2.23 bits per heavy atom. The highest BCUT2D eigenvalue weighted by Gasteiger charge is 2.29. The van der Waals surface area contributed by atoms with Gasteiger partial charge in [0.25, 0.3) is 5.69 Å². The molecule has 0 spiro atoms. The SMILES string of the molecule is NS(=O)(=O)c1ccc(N(CCF)[C@H]2CCNC2)c([N+](=O)[O-])c1. The van der Waals surface area contributed by atoms with Crippen LogP contribution < -0.4 is 15.4 Å². The molecular formula is C12H17FN4O4S. The summed E-state index contributed by atoms with van der Waals surface area (Å²) in [5.74, 6) is 0. The zero-order valence-corrected chi connectivity index (χ0v) is 12.6. The van der Waals surface area contributed by atoms with Gasteiger partial charge in [-0.1, -0.05) is 0 Å². The number of nitro groups is 1. The van der Waals surface area contributed by atoms with Gasteiger partial charge in [-0.25, -0.2) is 17.9 Å². The van der Waals surface area contributed by atoms with E-state index in [4.69, 9.17) is 5.14 Å². The van der Waals surface area contributed by atoms with Crippen LogP contribution in [0.4, 0.5) is 15.8 Å². The summed E-state index contributed by atoms with van der Waals surface area (Å²) in [5, 5.41) is 19.4. The predicted molar refractivity (Wildman–Crippen MR) is 79.1 cm³/mol. The summed E-state index contributed by atoms with van der Waals surface area (Å²) in [5.41, 5.74) is -0.198. The highest BCUT2D eigenvalue weighted by Crippen LogP contribution is 2.32. The fourth-order valence-electron chi connectivity index (χ4n) is 2.57. The van der Waals surface area contributed by atoms with Gasteiger partial charge in [-0.05, 0) is 25.1 Å². The number of anilines is 1. The second kappa shape index (κ2) is 6.55. The van der Waals surface area contributed by atoms with Crippen LogP contribution in [-0.2, 0) is 10.0 Å². The van der Waals surface area contributed by atoms with Crippen LogP contribution in [0, 0.1) is 10.1 Å². The topological polar surface area (TPSA) is 119 Å². The standard InChI is InChI=1S/C12H17FN4O4S/c13-4-6-16(9-3-5-15-8-9)11-2-1-10(22(14,20)21)7-12(11)17(18)19/h1-2,7,9,15H,3-6,8H2,(H2,14,20,21)/t9-/m0/s1.